The number of rotatable bonds is 5. The van der Waals surface area contributed by atoms with Crippen molar-refractivity contribution in [1.29, 1.82) is 0 Å². The van der Waals surface area contributed by atoms with Gasteiger partial charge in [-0.15, -0.1) is 0 Å². The molecule has 0 saturated carbocycles. The van der Waals surface area contributed by atoms with E-state index in [1.807, 2.05) is 12.1 Å². The summed E-state index contributed by atoms with van der Waals surface area (Å²) in [6, 6.07) is 7.29. The third-order valence-corrected chi connectivity index (χ3v) is 3.58. The van der Waals surface area contributed by atoms with Crippen LogP contribution in [0.4, 0.5) is 0 Å². The van der Waals surface area contributed by atoms with Gasteiger partial charge < -0.3 is 19.5 Å². The highest BCUT2D eigenvalue weighted by Gasteiger charge is 2.32. The van der Waals surface area contributed by atoms with Gasteiger partial charge in [-0.1, -0.05) is 24.3 Å². The molecule has 1 aromatic carbocycles. The van der Waals surface area contributed by atoms with Gasteiger partial charge >= 0.3 is 7.12 Å². The van der Waals surface area contributed by atoms with E-state index in [2.05, 4.69) is 4.90 Å². The summed E-state index contributed by atoms with van der Waals surface area (Å²) in [4.78, 5) is 2.27. The number of ether oxygens (including phenoxy) is 2. The van der Waals surface area contributed by atoms with Crippen molar-refractivity contribution in [2.45, 2.75) is 18.8 Å². The van der Waals surface area contributed by atoms with Crippen molar-refractivity contribution >= 4 is 12.6 Å². The number of methoxy groups -OCH3 is 2. The molecule has 0 spiro atoms. The third kappa shape index (κ3) is 3.55. The monoisotopic (exact) mass is 265 g/mol. The standard InChI is InChI=1S/C13H20BNO4/c1-18-12-8-15(9-13(12)19-2)7-10-3-5-11(6-4-10)14(16)17/h3-6,12-13,16-17H,7-9H2,1-2H3. The number of likely N-dealkylation sites (tertiary alicyclic amines) is 1. The van der Waals surface area contributed by atoms with Crippen LogP contribution in [0.25, 0.3) is 0 Å². The van der Waals surface area contributed by atoms with Crippen LogP contribution in [0.3, 0.4) is 0 Å². The highest BCUT2D eigenvalue weighted by molar-refractivity contribution is 6.58. The molecule has 1 aliphatic heterocycles. The van der Waals surface area contributed by atoms with E-state index in [-0.39, 0.29) is 12.2 Å². The van der Waals surface area contributed by atoms with E-state index in [1.54, 1.807) is 26.4 Å². The smallest absolute Gasteiger partial charge is 0.423 e. The van der Waals surface area contributed by atoms with Gasteiger partial charge in [0.2, 0.25) is 0 Å². The first-order valence-electron chi connectivity index (χ1n) is 6.37. The molecule has 0 radical (unpaired) electrons. The van der Waals surface area contributed by atoms with Gasteiger partial charge in [-0.05, 0) is 11.0 Å². The SMILES string of the molecule is COC1CN(Cc2ccc(B(O)O)cc2)CC1OC. The van der Waals surface area contributed by atoms with Gasteiger partial charge in [-0.2, -0.15) is 0 Å². The largest absolute Gasteiger partial charge is 0.488 e. The average Bonchev–Trinajstić information content (AvgIpc) is 2.81. The lowest BCUT2D eigenvalue weighted by Gasteiger charge is -2.15. The van der Waals surface area contributed by atoms with Gasteiger partial charge in [-0.25, -0.2) is 0 Å². The van der Waals surface area contributed by atoms with E-state index in [4.69, 9.17) is 19.5 Å². The lowest BCUT2D eigenvalue weighted by molar-refractivity contribution is -0.00461. The highest BCUT2D eigenvalue weighted by atomic mass is 16.5. The summed E-state index contributed by atoms with van der Waals surface area (Å²) in [5, 5.41) is 18.1. The Labute approximate surface area is 113 Å². The molecule has 2 unspecified atom stereocenters. The Morgan fingerprint density at radius 1 is 1.11 bits per heavy atom. The Balaban J connectivity index is 1.94. The van der Waals surface area contributed by atoms with Crippen molar-refractivity contribution in [3.05, 3.63) is 29.8 Å². The molecule has 2 N–H and O–H groups in total. The summed E-state index contributed by atoms with van der Waals surface area (Å²) in [6.45, 7) is 2.50. The van der Waals surface area contributed by atoms with Crippen molar-refractivity contribution in [3.63, 3.8) is 0 Å². The van der Waals surface area contributed by atoms with E-state index in [9.17, 15) is 0 Å². The molecule has 19 heavy (non-hydrogen) atoms. The van der Waals surface area contributed by atoms with E-state index in [0.717, 1.165) is 25.2 Å². The Hall–Kier alpha value is -0.915. The fourth-order valence-electron chi connectivity index (χ4n) is 2.45. The number of hydrogen-bond acceptors (Lipinski definition) is 5. The quantitative estimate of drug-likeness (QED) is 0.683. The van der Waals surface area contributed by atoms with Gasteiger partial charge in [-0.3, -0.25) is 4.90 Å². The van der Waals surface area contributed by atoms with Crippen molar-refractivity contribution in [3.8, 4) is 0 Å². The van der Waals surface area contributed by atoms with E-state index >= 15 is 0 Å². The van der Waals surface area contributed by atoms with Crippen LogP contribution in [0.2, 0.25) is 0 Å². The molecule has 5 nitrogen and oxygen atoms in total. The van der Waals surface area contributed by atoms with Crippen molar-refractivity contribution in [2.75, 3.05) is 27.3 Å². The van der Waals surface area contributed by atoms with Crippen molar-refractivity contribution < 1.29 is 19.5 Å². The summed E-state index contributed by atoms with van der Waals surface area (Å²) < 4.78 is 10.8. The van der Waals surface area contributed by atoms with Crippen LogP contribution in [0.15, 0.2) is 24.3 Å². The second-order valence-corrected chi connectivity index (χ2v) is 4.86. The van der Waals surface area contributed by atoms with Crippen molar-refractivity contribution in [1.82, 2.24) is 4.90 Å². The molecule has 1 heterocycles. The van der Waals surface area contributed by atoms with Gasteiger partial charge in [0.25, 0.3) is 0 Å². The van der Waals surface area contributed by atoms with Crippen LogP contribution in [0, 0.1) is 0 Å². The molecule has 1 aromatic rings. The second-order valence-electron chi connectivity index (χ2n) is 4.86. The Morgan fingerprint density at radius 2 is 1.63 bits per heavy atom. The zero-order valence-corrected chi connectivity index (χ0v) is 11.3. The maximum Gasteiger partial charge on any atom is 0.488 e. The van der Waals surface area contributed by atoms with Crippen LogP contribution in [-0.4, -0.2) is 61.6 Å². The lowest BCUT2D eigenvalue weighted by atomic mass is 9.80. The fraction of sp³-hybridized carbons (Fsp3) is 0.538. The zero-order valence-electron chi connectivity index (χ0n) is 11.3. The number of nitrogens with zero attached hydrogens (tertiary/aromatic N) is 1. The van der Waals surface area contributed by atoms with Gasteiger partial charge in [0.05, 0.1) is 12.2 Å². The van der Waals surface area contributed by atoms with Crippen LogP contribution >= 0.6 is 0 Å². The van der Waals surface area contributed by atoms with Crippen LogP contribution in [0.1, 0.15) is 5.56 Å². The minimum Gasteiger partial charge on any atom is -0.423 e. The Morgan fingerprint density at radius 3 is 2.05 bits per heavy atom. The topological polar surface area (TPSA) is 62.2 Å². The highest BCUT2D eigenvalue weighted by Crippen LogP contribution is 2.17. The summed E-state index contributed by atoms with van der Waals surface area (Å²) in [6.07, 6.45) is 0.229. The number of hydrogen-bond donors (Lipinski definition) is 2. The zero-order chi connectivity index (χ0) is 13.8. The first-order valence-corrected chi connectivity index (χ1v) is 6.37. The molecule has 0 aromatic heterocycles. The summed E-state index contributed by atoms with van der Waals surface area (Å²) in [5.41, 5.74) is 1.64. The maximum atomic E-state index is 9.04. The minimum absolute atomic E-state index is 0.114. The summed E-state index contributed by atoms with van der Waals surface area (Å²) in [7, 11) is 2.01. The first-order chi connectivity index (χ1) is 9.13. The minimum atomic E-state index is -1.41. The van der Waals surface area contributed by atoms with Gasteiger partial charge in [0.15, 0.2) is 0 Å². The molecule has 2 rings (SSSR count). The predicted octanol–water partition coefficient (Wildman–Crippen LogP) is -0.788. The molecule has 1 aliphatic rings. The maximum absolute atomic E-state index is 9.04. The first kappa shape index (κ1) is 14.5. The second kappa shape index (κ2) is 6.50. The average molecular weight is 265 g/mol. The predicted molar refractivity (Wildman–Crippen MR) is 73.1 cm³/mol. The van der Waals surface area contributed by atoms with Gasteiger partial charge in [0, 0.05) is 33.9 Å². The Bertz CT molecular complexity index is 386. The molecule has 2 atom stereocenters. The molecule has 104 valence electrons. The van der Waals surface area contributed by atoms with Gasteiger partial charge in [0.1, 0.15) is 0 Å². The molecule has 1 saturated heterocycles. The van der Waals surface area contributed by atoms with Crippen LogP contribution in [-0.2, 0) is 16.0 Å². The van der Waals surface area contributed by atoms with Crippen molar-refractivity contribution in [2.24, 2.45) is 0 Å². The normalized spacial score (nSPS) is 23.8. The van der Waals surface area contributed by atoms with E-state index in [1.165, 1.54) is 0 Å². The molecule has 6 heteroatoms. The lowest BCUT2D eigenvalue weighted by Crippen LogP contribution is -2.29. The molecular formula is C13H20BNO4. The Kier molecular flexibility index (Phi) is 4.96. The molecule has 0 bridgehead atoms. The van der Waals surface area contributed by atoms with E-state index in [0.29, 0.717) is 5.46 Å². The molecule has 0 aliphatic carbocycles. The van der Waals surface area contributed by atoms with Crippen LogP contribution in [0.5, 0.6) is 0 Å². The molecular weight excluding hydrogens is 245 g/mol. The molecule has 0 amide bonds. The summed E-state index contributed by atoms with van der Waals surface area (Å²) in [5.74, 6) is 0. The number of benzene rings is 1. The third-order valence-electron chi connectivity index (χ3n) is 3.58. The van der Waals surface area contributed by atoms with Crippen LogP contribution < -0.4 is 5.46 Å². The summed E-state index contributed by atoms with van der Waals surface area (Å²) >= 11 is 0. The van der Waals surface area contributed by atoms with E-state index < -0.39 is 7.12 Å². The fourth-order valence-corrected chi connectivity index (χ4v) is 2.45. The molecule has 1 fully saturated rings.